The molecule has 0 N–H and O–H groups in total. The molecule has 0 saturated carbocycles. The van der Waals surface area contributed by atoms with Crippen LogP contribution in [0.2, 0.25) is 0 Å². The molecule has 16 heavy (non-hydrogen) atoms. The van der Waals surface area contributed by atoms with Crippen molar-refractivity contribution in [3.8, 4) is 17.3 Å². The molecule has 0 aliphatic carbocycles. The standard InChI is InChI=1S/C14H12N2/c15-10-4-8-13-9-5-11-16-14(13)12-6-2-1-3-7-12/h1-3,5-7,9,11H,4,8H2. The van der Waals surface area contributed by atoms with E-state index in [1.54, 1.807) is 6.20 Å². The summed E-state index contributed by atoms with van der Waals surface area (Å²) in [5.41, 5.74) is 3.23. The molecule has 2 aromatic rings. The van der Waals surface area contributed by atoms with E-state index in [4.69, 9.17) is 5.26 Å². The quantitative estimate of drug-likeness (QED) is 0.776. The molecule has 78 valence electrons. The highest BCUT2D eigenvalue weighted by Crippen LogP contribution is 2.21. The first-order chi connectivity index (χ1) is 7.92. The Kier molecular flexibility index (Phi) is 3.30. The van der Waals surface area contributed by atoms with E-state index in [9.17, 15) is 0 Å². The zero-order chi connectivity index (χ0) is 11.2. The minimum absolute atomic E-state index is 0.533. The second-order valence-corrected chi connectivity index (χ2v) is 3.54. The van der Waals surface area contributed by atoms with Crippen LogP contribution in [0.5, 0.6) is 0 Å². The van der Waals surface area contributed by atoms with Gasteiger partial charge in [0.2, 0.25) is 0 Å². The lowest BCUT2D eigenvalue weighted by Gasteiger charge is -2.06. The molecule has 2 rings (SSSR count). The number of nitriles is 1. The SMILES string of the molecule is N#CCCc1cccnc1-c1ccccc1. The van der Waals surface area contributed by atoms with E-state index in [0.29, 0.717) is 6.42 Å². The summed E-state index contributed by atoms with van der Waals surface area (Å²) in [6, 6.07) is 16.2. The fourth-order valence-electron chi connectivity index (χ4n) is 1.69. The molecule has 0 aliphatic rings. The molecule has 0 aliphatic heterocycles. The summed E-state index contributed by atoms with van der Waals surface area (Å²) < 4.78 is 0. The second-order valence-electron chi connectivity index (χ2n) is 3.54. The van der Waals surface area contributed by atoms with Gasteiger partial charge >= 0.3 is 0 Å². The number of nitrogens with zero attached hydrogens (tertiary/aromatic N) is 2. The highest BCUT2D eigenvalue weighted by atomic mass is 14.7. The Hall–Kier alpha value is -2.14. The molecular formula is C14H12N2. The number of benzene rings is 1. The van der Waals surface area contributed by atoms with Gasteiger partial charge in [0, 0.05) is 18.2 Å². The molecule has 1 aromatic heterocycles. The third-order valence-corrected chi connectivity index (χ3v) is 2.44. The van der Waals surface area contributed by atoms with Gasteiger partial charge in [0.05, 0.1) is 11.8 Å². The summed E-state index contributed by atoms with van der Waals surface area (Å²) >= 11 is 0. The largest absolute Gasteiger partial charge is 0.256 e. The Labute approximate surface area is 95.2 Å². The van der Waals surface area contributed by atoms with Crippen molar-refractivity contribution in [2.24, 2.45) is 0 Å². The van der Waals surface area contributed by atoms with E-state index in [0.717, 1.165) is 23.2 Å². The fourth-order valence-corrected chi connectivity index (χ4v) is 1.69. The molecule has 0 fully saturated rings. The predicted octanol–water partition coefficient (Wildman–Crippen LogP) is 3.20. The first-order valence-corrected chi connectivity index (χ1v) is 5.28. The second kappa shape index (κ2) is 5.09. The minimum atomic E-state index is 0.533. The van der Waals surface area contributed by atoms with Crippen molar-refractivity contribution >= 4 is 0 Å². The number of aromatic nitrogens is 1. The normalized spacial score (nSPS) is 9.69. The monoisotopic (exact) mass is 208 g/mol. The first kappa shape index (κ1) is 10.4. The lowest BCUT2D eigenvalue weighted by Crippen LogP contribution is -1.92. The van der Waals surface area contributed by atoms with Crippen LogP contribution in [0.3, 0.4) is 0 Å². The Balaban J connectivity index is 2.38. The maximum Gasteiger partial charge on any atom is 0.0734 e. The number of aryl methyl sites for hydroxylation is 1. The number of pyridine rings is 1. The van der Waals surface area contributed by atoms with Crippen molar-refractivity contribution in [2.45, 2.75) is 12.8 Å². The van der Waals surface area contributed by atoms with E-state index in [1.165, 1.54) is 0 Å². The number of hydrogen-bond donors (Lipinski definition) is 0. The molecule has 0 saturated heterocycles. The smallest absolute Gasteiger partial charge is 0.0734 e. The maximum atomic E-state index is 8.62. The Morgan fingerprint density at radius 3 is 2.62 bits per heavy atom. The van der Waals surface area contributed by atoms with Gasteiger partial charge in [-0.2, -0.15) is 5.26 Å². The summed E-state index contributed by atoms with van der Waals surface area (Å²) in [5, 5.41) is 8.62. The Morgan fingerprint density at radius 2 is 1.88 bits per heavy atom. The zero-order valence-electron chi connectivity index (χ0n) is 8.93. The van der Waals surface area contributed by atoms with Crippen molar-refractivity contribution in [3.63, 3.8) is 0 Å². The van der Waals surface area contributed by atoms with Crippen LogP contribution in [-0.4, -0.2) is 4.98 Å². The molecule has 0 bridgehead atoms. The van der Waals surface area contributed by atoms with Crippen LogP contribution < -0.4 is 0 Å². The van der Waals surface area contributed by atoms with E-state index >= 15 is 0 Å². The molecule has 0 atom stereocenters. The highest BCUT2D eigenvalue weighted by molar-refractivity contribution is 5.62. The van der Waals surface area contributed by atoms with Crippen molar-refractivity contribution in [1.82, 2.24) is 4.98 Å². The summed E-state index contributed by atoms with van der Waals surface area (Å²) in [7, 11) is 0. The fraction of sp³-hybridized carbons (Fsp3) is 0.143. The molecule has 0 amide bonds. The maximum absolute atomic E-state index is 8.62. The number of rotatable bonds is 3. The van der Waals surface area contributed by atoms with Crippen molar-refractivity contribution in [1.29, 1.82) is 5.26 Å². The van der Waals surface area contributed by atoms with Gasteiger partial charge in [0.15, 0.2) is 0 Å². The summed E-state index contributed by atoms with van der Waals surface area (Å²) in [5.74, 6) is 0. The molecular weight excluding hydrogens is 196 g/mol. The van der Waals surface area contributed by atoms with E-state index in [-0.39, 0.29) is 0 Å². The van der Waals surface area contributed by atoms with Crippen molar-refractivity contribution in [3.05, 3.63) is 54.2 Å². The van der Waals surface area contributed by atoms with Gasteiger partial charge in [-0.15, -0.1) is 0 Å². The molecule has 0 radical (unpaired) electrons. The average Bonchev–Trinajstić information content (AvgIpc) is 2.38. The van der Waals surface area contributed by atoms with Crippen LogP contribution in [-0.2, 0) is 6.42 Å². The topological polar surface area (TPSA) is 36.7 Å². The van der Waals surface area contributed by atoms with Crippen LogP contribution in [0.15, 0.2) is 48.7 Å². The van der Waals surface area contributed by atoms with Gasteiger partial charge in [-0.3, -0.25) is 4.98 Å². The van der Waals surface area contributed by atoms with Gasteiger partial charge < -0.3 is 0 Å². The van der Waals surface area contributed by atoms with Gasteiger partial charge in [-0.1, -0.05) is 36.4 Å². The highest BCUT2D eigenvalue weighted by Gasteiger charge is 2.04. The van der Waals surface area contributed by atoms with Crippen LogP contribution in [0, 0.1) is 11.3 Å². The summed E-state index contributed by atoms with van der Waals surface area (Å²) in [6.45, 7) is 0. The van der Waals surface area contributed by atoms with E-state index < -0.39 is 0 Å². The van der Waals surface area contributed by atoms with Crippen LogP contribution in [0.4, 0.5) is 0 Å². The van der Waals surface area contributed by atoms with Crippen molar-refractivity contribution in [2.75, 3.05) is 0 Å². The zero-order valence-corrected chi connectivity index (χ0v) is 8.93. The summed E-state index contributed by atoms with van der Waals surface area (Å²) in [6.07, 6.45) is 3.08. The van der Waals surface area contributed by atoms with Gasteiger partial charge in [0.25, 0.3) is 0 Å². The molecule has 0 spiro atoms. The number of hydrogen-bond acceptors (Lipinski definition) is 2. The first-order valence-electron chi connectivity index (χ1n) is 5.28. The molecule has 1 aromatic carbocycles. The van der Waals surface area contributed by atoms with Crippen LogP contribution in [0.25, 0.3) is 11.3 Å². The molecule has 2 nitrogen and oxygen atoms in total. The summed E-state index contributed by atoms with van der Waals surface area (Å²) in [4.78, 5) is 4.39. The lowest BCUT2D eigenvalue weighted by molar-refractivity contribution is 1.000. The predicted molar refractivity (Wildman–Crippen MR) is 63.6 cm³/mol. The lowest BCUT2D eigenvalue weighted by atomic mass is 10.0. The average molecular weight is 208 g/mol. The molecule has 2 heteroatoms. The van der Waals surface area contributed by atoms with Gasteiger partial charge in [-0.05, 0) is 18.1 Å². The van der Waals surface area contributed by atoms with Gasteiger partial charge in [0.1, 0.15) is 0 Å². The van der Waals surface area contributed by atoms with Crippen molar-refractivity contribution < 1.29 is 0 Å². The third kappa shape index (κ3) is 2.26. The third-order valence-electron chi connectivity index (χ3n) is 2.44. The minimum Gasteiger partial charge on any atom is -0.256 e. The van der Waals surface area contributed by atoms with E-state index in [1.807, 2.05) is 42.5 Å². The Morgan fingerprint density at radius 1 is 1.06 bits per heavy atom. The van der Waals surface area contributed by atoms with Gasteiger partial charge in [-0.25, -0.2) is 0 Å². The van der Waals surface area contributed by atoms with Crippen LogP contribution in [0.1, 0.15) is 12.0 Å². The van der Waals surface area contributed by atoms with E-state index in [2.05, 4.69) is 11.1 Å². The Bertz CT molecular complexity index is 498. The van der Waals surface area contributed by atoms with Crippen LogP contribution >= 0.6 is 0 Å². The molecule has 1 heterocycles. The molecule has 0 unspecified atom stereocenters.